The molecule has 2 amide bonds. The molecule has 220 valence electrons. The first-order chi connectivity index (χ1) is 19.5. The van der Waals surface area contributed by atoms with Crippen LogP contribution in [0, 0.1) is 13.8 Å². The van der Waals surface area contributed by atoms with Gasteiger partial charge in [-0.3, -0.25) is 9.69 Å². The van der Waals surface area contributed by atoms with Crippen molar-refractivity contribution in [3.8, 4) is 0 Å². The van der Waals surface area contributed by atoms with E-state index in [2.05, 4.69) is 32.4 Å². The Morgan fingerprint density at radius 2 is 1.68 bits per heavy atom. The third-order valence-electron chi connectivity index (χ3n) is 7.12. The van der Waals surface area contributed by atoms with Gasteiger partial charge in [0.2, 0.25) is 5.78 Å². The molecule has 2 aliphatic rings. The topological polar surface area (TPSA) is 99.7 Å². The number of hydrogen-bond acceptors (Lipinski definition) is 7. The second-order valence-electron chi connectivity index (χ2n) is 9.98. The van der Waals surface area contributed by atoms with Crippen molar-refractivity contribution >= 4 is 28.8 Å². The van der Waals surface area contributed by atoms with Crippen LogP contribution in [0.15, 0.2) is 36.1 Å². The van der Waals surface area contributed by atoms with Gasteiger partial charge in [0.25, 0.3) is 0 Å². The van der Waals surface area contributed by atoms with Crippen LogP contribution in [-0.2, 0) is 22.3 Å². The van der Waals surface area contributed by atoms with E-state index in [1.165, 1.54) is 12.1 Å². The number of carbonyl (C=O) groups is 2. The average Bonchev–Trinajstić information content (AvgIpc) is 2.92. The predicted octanol–water partition coefficient (Wildman–Crippen LogP) is 5.17. The van der Waals surface area contributed by atoms with Crippen LogP contribution in [0.2, 0.25) is 0 Å². The fraction of sp³-hybridized carbons (Fsp3) is 0.448. The van der Waals surface area contributed by atoms with Gasteiger partial charge in [-0.25, -0.2) is 14.8 Å². The summed E-state index contributed by atoms with van der Waals surface area (Å²) in [5, 5.41) is 5.16. The van der Waals surface area contributed by atoms with Crippen LogP contribution in [-0.4, -0.2) is 70.9 Å². The first-order valence-electron chi connectivity index (χ1n) is 13.6. The molecule has 1 fully saturated rings. The van der Waals surface area contributed by atoms with Crippen LogP contribution < -0.4 is 10.6 Å². The maximum Gasteiger partial charge on any atom is 0.416 e. The van der Waals surface area contributed by atoms with E-state index in [9.17, 15) is 22.8 Å². The summed E-state index contributed by atoms with van der Waals surface area (Å²) < 4.78 is 47.3. The quantitative estimate of drug-likeness (QED) is 0.450. The molecule has 9 nitrogen and oxygen atoms in total. The number of Topliss-reactive ketones (excluding diaryl/α,β-unsaturated/α-hetero) is 1. The Labute approximate surface area is 237 Å². The standard InChI is InChI=1S/C29H35F3N6O3/c1-5-37-11-13-38(14-12-37)17-21-7-9-22(16-23(21)29(30,31)32)35-28(40)36-26-18(3)33-27(34-19(26)4)20-8-10-24(39)25(15-20)41-6-2/h7-9,15-16H,5-6,10-14,17H2,1-4H3,(H2,35,36,40). The normalized spacial score (nSPS) is 16.7. The molecule has 1 aliphatic heterocycles. The maximum absolute atomic E-state index is 14.0. The lowest BCUT2D eigenvalue weighted by Gasteiger charge is -2.34. The van der Waals surface area contributed by atoms with Gasteiger partial charge in [-0.15, -0.1) is 0 Å². The largest absolute Gasteiger partial charge is 0.490 e. The van der Waals surface area contributed by atoms with Crippen molar-refractivity contribution in [1.29, 1.82) is 0 Å². The van der Waals surface area contributed by atoms with Crippen LogP contribution in [0.1, 0.15) is 48.6 Å². The zero-order valence-electron chi connectivity index (χ0n) is 23.7. The highest BCUT2D eigenvalue weighted by Gasteiger charge is 2.34. The number of piperazine rings is 1. The number of aromatic nitrogens is 2. The Morgan fingerprint density at radius 3 is 2.29 bits per heavy atom. The molecule has 1 aliphatic carbocycles. The van der Waals surface area contributed by atoms with Crippen LogP contribution in [0.5, 0.6) is 0 Å². The summed E-state index contributed by atoms with van der Waals surface area (Å²) >= 11 is 0. The Balaban J connectivity index is 1.46. The second-order valence-corrected chi connectivity index (χ2v) is 9.98. The third-order valence-corrected chi connectivity index (χ3v) is 7.12. The number of aryl methyl sites for hydroxylation is 2. The molecule has 0 atom stereocenters. The summed E-state index contributed by atoms with van der Waals surface area (Å²) in [6.07, 6.45) is -1.10. The predicted molar refractivity (Wildman–Crippen MR) is 150 cm³/mol. The number of alkyl halides is 3. The maximum atomic E-state index is 14.0. The number of ether oxygens (including phenoxy) is 1. The summed E-state index contributed by atoms with van der Waals surface area (Å²) in [6.45, 7) is 11.7. The molecule has 1 aromatic carbocycles. The minimum absolute atomic E-state index is 0.0211. The molecule has 2 N–H and O–H groups in total. The highest BCUT2D eigenvalue weighted by Crippen LogP contribution is 2.35. The number of nitrogens with zero attached hydrogens (tertiary/aromatic N) is 4. The van der Waals surface area contributed by atoms with E-state index < -0.39 is 17.8 Å². The van der Waals surface area contributed by atoms with E-state index in [0.717, 1.165) is 25.7 Å². The fourth-order valence-electron chi connectivity index (χ4n) is 4.88. The van der Waals surface area contributed by atoms with Gasteiger partial charge < -0.3 is 20.3 Å². The molecule has 0 radical (unpaired) electrons. The number of rotatable bonds is 8. The van der Waals surface area contributed by atoms with Gasteiger partial charge in [0.15, 0.2) is 11.6 Å². The molecule has 4 rings (SSSR count). The molecule has 0 spiro atoms. The van der Waals surface area contributed by atoms with Crippen molar-refractivity contribution in [2.45, 2.75) is 46.8 Å². The molecule has 2 aromatic rings. The Kier molecular flexibility index (Phi) is 9.44. The van der Waals surface area contributed by atoms with Gasteiger partial charge in [0.1, 0.15) is 0 Å². The number of nitrogens with one attached hydrogen (secondary N) is 2. The Morgan fingerprint density at radius 1 is 1.02 bits per heavy atom. The van der Waals surface area contributed by atoms with Gasteiger partial charge in [-0.05, 0) is 51.1 Å². The van der Waals surface area contributed by atoms with E-state index in [-0.39, 0.29) is 35.8 Å². The zero-order chi connectivity index (χ0) is 29.7. The molecule has 0 saturated carbocycles. The number of hydrogen-bond donors (Lipinski definition) is 2. The van der Waals surface area contributed by atoms with Crippen LogP contribution in [0.4, 0.5) is 29.3 Å². The van der Waals surface area contributed by atoms with Gasteiger partial charge in [-0.1, -0.05) is 19.1 Å². The molecule has 41 heavy (non-hydrogen) atoms. The third kappa shape index (κ3) is 7.50. The number of urea groups is 1. The zero-order valence-corrected chi connectivity index (χ0v) is 23.7. The van der Waals surface area contributed by atoms with Crippen molar-refractivity contribution in [3.63, 3.8) is 0 Å². The summed E-state index contributed by atoms with van der Waals surface area (Å²) in [4.78, 5) is 38.0. The molecular weight excluding hydrogens is 537 g/mol. The number of ketones is 1. The monoisotopic (exact) mass is 572 g/mol. The van der Waals surface area contributed by atoms with E-state index in [4.69, 9.17) is 4.74 Å². The van der Waals surface area contributed by atoms with Gasteiger partial charge in [-0.2, -0.15) is 13.2 Å². The SMILES string of the molecule is CCOC1=CC(c2nc(C)c(NC(=O)Nc3ccc(CN4CCN(CC)CC4)c(C(F)(F)F)c3)c(C)n2)=CCC1=O. The number of amides is 2. The van der Waals surface area contributed by atoms with Crippen LogP contribution >= 0.6 is 0 Å². The van der Waals surface area contributed by atoms with E-state index in [1.807, 2.05) is 4.90 Å². The lowest BCUT2D eigenvalue weighted by Crippen LogP contribution is -2.45. The molecule has 1 aromatic heterocycles. The summed E-state index contributed by atoms with van der Waals surface area (Å²) in [5.74, 6) is 0.487. The lowest BCUT2D eigenvalue weighted by atomic mass is 10.0. The second kappa shape index (κ2) is 12.8. The van der Waals surface area contributed by atoms with Gasteiger partial charge in [0.05, 0.1) is 29.2 Å². The highest BCUT2D eigenvalue weighted by molar-refractivity contribution is 6.01. The smallest absolute Gasteiger partial charge is 0.416 e. The van der Waals surface area contributed by atoms with Gasteiger partial charge in [0, 0.05) is 50.4 Å². The van der Waals surface area contributed by atoms with Crippen LogP contribution in [0.25, 0.3) is 5.57 Å². The Hall–Kier alpha value is -3.77. The first kappa shape index (κ1) is 30.2. The number of likely N-dealkylation sites (N-methyl/N-ethyl adjacent to an activating group) is 1. The van der Waals surface area contributed by atoms with Crippen molar-refractivity contribution in [1.82, 2.24) is 19.8 Å². The van der Waals surface area contributed by atoms with E-state index in [1.54, 1.807) is 32.9 Å². The minimum Gasteiger partial charge on any atom is -0.490 e. The van der Waals surface area contributed by atoms with E-state index in [0.29, 0.717) is 48.2 Å². The van der Waals surface area contributed by atoms with Crippen molar-refractivity contribution < 1.29 is 27.5 Å². The summed E-state index contributed by atoms with van der Waals surface area (Å²) in [6, 6.07) is 3.15. The van der Waals surface area contributed by atoms with Crippen LogP contribution in [0.3, 0.4) is 0 Å². The number of anilines is 2. The van der Waals surface area contributed by atoms with Crippen molar-refractivity contribution in [2.75, 3.05) is 50.0 Å². The van der Waals surface area contributed by atoms with Crippen molar-refractivity contribution in [2.24, 2.45) is 0 Å². The fourth-order valence-corrected chi connectivity index (χ4v) is 4.88. The molecule has 12 heteroatoms. The lowest BCUT2D eigenvalue weighted by molar-refractivity contribution is -0.138. The first-order valence-corrected chi connectivity index (χ1v) is 13.6. The summed E-state index contributed by atoms with van der Waals surface area (Å²) in [7, 11) is 0. The summed E-state index contributed by atoms with van der Waals surface area (Å²) in [5.41, 5.74) is 1.31. The molecule has 0 unspecified atom stereocenters. The molecule has 1 saturated heterocycles. The Bertz CT molecular complexity index is 1340. The number of allylic oxidation sites excluding steroid dienone is 4. The number of benzene rings is 1. The minimum atomic E-state index is -4.57. The molecular formula is C29H35F3N6O3. The average molecular weight is 573 g/mol. The molecule has 0 bridgehead atoms. The van der Waals surface area contributed by atoms with Crippen molar-refractivity contribution in [3.05, 3.63) is 64.4 Å². The highest BCUT2D eigenvalue weighted by atomic mass is 19.4. The molecule has 2 heterocycles. The number of carbonyl (C=O) groups excluding carboxylic acids is 2. The number of halogens is 3. The van der Waals surface area contributed by atoms with E-state index >= 15 is 0 Å². The van der Waals surface area contributed by atoms with Gasteiger partial charge >= 0.3 is 12.2 Å².